The summed E-state index contributed by atoms with van der Waals surface area (Å²) >= 11 is 0. The number of amides is 1. The van der Waals surface area contributed by atoms with Gasteiger partial charge in [0.05, 0.1) is 5.52 Å². The topological polar surface area (TPSA) is 45.2 Å². The average molecular weight is 371 g/mol. The van der Waals surface area contributed by atoms with Crippen LogP contribution in [0.15, 0.2) is 66.9 Å². The van der Waals surface area contributed by atoms with E-state index in [9.17, 15) is 4.79 Å². The number of anilines is 1. The van der Waals surface area contributed by atoms with Gasteiger partial charge in [-0.1, -0.05) is 36.4 Å². The minimum absolute atomic E-state index is 0.0566. The largest absolute Gasteiger partial charge is 0.371 e. The molecule has 0 unspecified atom stereocenters. The molecule has 2 aliphatic rings. The number of hydrogen-bond acceptors (Lipinski definition) is 3. The van der Waals surface area contributed by atoms with E-state index in [0.29, 0.717) is 11.5 Å². The summed E-state index contributed by atoms with van der Waals surface area (Å²) in [6, 6.07) is 20.4. The highest BCUT2D eigenvalue weighted by Gasteiger charge is 2.46. The zero-order valence-corrected chi connectivity index (χ0v) is 16.0. The SMILES string of the molecule is O=C(NC1CC2(CCN(c3ccnc4ccccc34)CC2)C1)c1ccccc1. The quantitative estimate of drug-likeness (QED) is 0.742. The lowest BCUT2D eigenvalue weighted by molar-refractivity contribution is 0.0477. The highest BCUT2D eigenvalue weighted by molar-refractivity contribution is 5.94. The van der Waals surface area contributed by atoms with Crippen molar-refractivity contribution in [2.75, 3.05) is 18.0 Å². The van der Waals surface area contributed by atoms with Gasteiger partial charge in [0.2, 0.25) is 0 Å². The van der Waals surface area contributed by atoms with E-state index in [1.807, 2.05) is 42.6 Å². The molecule has 1 saturated carbocycles. The summed E-state index contributed by atoms with van der Waals surface area (Å²) in [5.41, 5.74) is 3.53. The van der Waals surface area contributed by atoms with Crippen molar-refractivity contribution < 1.29 is 4.79 Å². The average Bonchev–Trinajstić information content (AvgIpc) is 2.73. The first-order valence-electron chi connectivity index (χ1n) is 10.2. The molecule has 1 aliphatic carbocycles. The molecule has 1 spiro atoms. The molecule has 28 heavy (non-hydrogen) atoms. The fourth-order valence-corrected chi connectivity index (χ4v) is 4.93. The second kappa shape index (κ2) is 6.93. The van der Waals surface area contributed by atoms with Gasteiger partial charge in [0.1, 0.15) is 0 Å². The summed E-state index contributed by atoms with van der Waals surface area (Å²) in [6.45, 7) is 2.15. The smallest absolute Gasteiger partial charge is 0.251 e. The zero-order chi connectivity index (χ0) is 19.0. The van der Waals surface area contributed by atoms with Crippen LogP contribution in [0.2, 0.25) is 0 Å². The van der Waals surface area contributed by atoms with E-state index in [1.165, 1.54) is 23.9 Å². The van der Waals surface area contributed by atoms with E-state index < -0.39 is 0 Å². The summed E-state index contributed by atoms with van der Waals surface area (Å²) in [6.07, 6.45) is 6.52. The van der Waals surface area contributed by atoms with Gasteiger partial charge in [0.15, 0.2) is 0 Å². The molecule has 1 aromatic heterocycles. The number of nitrogens with zero attached hydrogens (tertiary/aromatic N) is 2. The monoisotopic (exact) mass is 371 g/mol. The van der Waals surface area contributed by atoms with E-state index >= 15 is 0 Å². The van der Waals surface area contributed by atoms with Crippen LogP contribution < -0.4 is 10.2 Å². The first-order valence-corrected chi connectivity index (χ1v) is 10.2. The van der Waals surface area contributed by atoms with Gasteiger partial charge in [-0.05, 0) is 55.4 Å². The lowest BCUT2D eigenvalue weighted by atomic mass is 9.60. The third-order valence-corrected chi connectivity index (χ3v) is 6.52. The molecule has 0 atom stereocenters. The standard InChI is InChI=1S/C24H25N3O/c28-23(18-6-2-1-3-7-18)26-19-16-24(17-19)11-14-27(15-12-24)22-10-13-25-21-9-5-4-8-20(21)22/h1-10,13,19H,11-12,14-17H2,(H,26,28). The molecule has 4 heteroatoms. The van der Waals surface area contributed by atoms with Crippen LogP contribution in [-0.2, 0) is 0 Å². The molecule has 1 N–H and O–H groups in total. The number of fused-ring (bicyclic) bond motifs is 1. The van der Waals surface area contributed by atoms with Crippen molar-refractivity contribution in [3.05, 3.63) is 72.4 Å². The maximum absolute atomic E-state index is 12.4. The number of benzene rings is 2. The van der Waals surface area contributed by atoms with Gasteiger partial charge in [0.25, 0.3) is 5.91 Å². The Morgan fingerprint density at radius 2 is 1.68 bits per heavy atom. The molecule has 1 aliphatic heterocycles. The number of aromatic nitrogens is 1. The van der Waals surface area contributed by atoms with Crippen LogP contribution in [0, 0.1) is 5.41 Å². The minimum atomic E-state index is 0.0566. The molecule has 2 heterocycles. The molecule has 2 aromatic carbocycles. The second-order valence-corrected chi connectivity index (χ2v) is 8.28. The number of hydrogen-bond donors (Lipinski definition) is 1. The number of pyridine rings is 1. The lowest BCUT2D eigenvalue weighted by Gasteiger charge is -2.52. The van der Waals surface area contributed by atoms with Gasteiger partial charge < -0.3 is 10.2 Å². The molecule has 142 valence electrons. The van der Waals surface area contributed by atoms with Crippen molar-refractivity contribution in [2.45, 2.75) is 31.7 Å². The first-order chi connectivity index (χ1) is 13.7. The molecule has 5 rings (SSSR count). The fourth-order valence-electron chi connectivity index (χ4n) is 4.93. The molecular weight excluding hydrogens is 346 g/mol. The summed E-state index contributed by atoms with van der Waals surface area (Å²) in [4.78, 5) is 19.3. The summed E-state index contributed by atoms with van der Waals surface area (Å²) in [5, 5.41) is 4.45. The Bertz CT molecular complexity index is 980. The van der Waals surface area contributed by atoms with Gasteiger partial charge in [-0.2, -0.15) is 0 Å². The van der Waals surface area contributed by atoms with E-state index in [4.69, 9.17) is 0 Å². The number of para-hydroxylation sites is 1. The van der Waals surface area contributed by atoms with Gasteiger partial charge in [0, 0.05) is 42.0 Å². The Kier molecular flexibility index (Phi) is 4.27. The molecule has 3 aromatic rings. The van der Waals surface area contributed by atoms with Crippen molar-refractivity contribution in [1.29, 1.82) is 0 Å². The molecule has 0 bridgehead atoms. The van der Waals surface area contributed by atoms with Crippen molar-refractivity contribution >= 4 is 22.5 Å². The zero-order valence-electron chi connectivity index (χ0n) is 16.0. The fraction of sp³-hybridized carbons (Fsp3) is 0.333. The van der Waals surface area contributed by atoms with Crippen molar-refractivity contribution in [1.82, 2.24) is 10.3 Å². The predicted molar refractivity (Wildman–Crippen MR) is 113 cm³/mol. The Labute approximate surface area is 165 Å². The van der Waals surface area contributed by atoms with Crippen LogP contribution in [-0.4, -0.2) is 30.0 Å². The molecule has 0 radical (unpaired) electrons. The van der Waals surface area contributed by atoms with Gasteiger partial charge in [-0.3, -0.25) is 9.78 Å². The summed E-state index contributed by atoms with van der Waals surface area (Å²) < 4.78 is 0. The van der Waals surface area contributed by atoms with E-state index in [-0.39, 0.29) is 5.91 Å². The molecular formula is C24H25N3O. The van der Waals surface area contributed by atoms with Crippen molar-refractivity contribution in [3.63, 3.8) is 0 Å². The van der Waals surface area contributed by atoms with Crippen molar-refractivity contribution in [3.8, 4) is 0 Å². The van der Waals surface area contributed by atoms with Crippen LogP contribution in [0.25, 0.3) is 10.9 Å². The normalized spacial score (nSPS) is 18.8. The van der Waals surface area contributed by atoms with E-state index in [2.05, 4.69) is 39.5 Å². The van der Waals surface area contributed by atoms with Crippen LogP contribution in [0.5, 0.6) is 0 Å². The third kappa shape index (κ3) is 3.13. The Balaban J connectivity index is 1.20. The van der Waals surface area contributed by atoms with Gasteiger partial charge >= 0.3 is 0 Å². The number of nitrogens with one attached hydrogen (secondary N) is 1. The third-order valence-electron chi connectivity index (χ3n) is 6.52. The van der Waals surface area contributed by atoms with E-state index in [0.717, 1.165) is 37.0 Å². The second-order valence-electron chi connectivity index (χ2n) is 8.28. The van der Waals surface area contributed by atoms with Gasteiger partial charge in [-0.25, -0.2) is 0 Å². The van der Waals surface area contributed by atoms with Crippen LogP contribution in [0.4, 0.5) is 5.69 Å². The highest BCUT2D eigenvalue weighted by Crippen LogP contribution is 2.49. The van der Waals surface area contributed by atoms with Crippen LogP contribution in [0.1, 0.15) is 36.0 Å². The maximum atomic E-state index is 12.4. The molecule has 4 nitrogen and oxygen atoms in total. The lowest BCUT2D eigenvalue weighted by Crippen LogP contribution is -2.55. The first kappa shape index (κ1) is 17.2. The van der Waals surface area contributed by atoms with E-state index in [1.54, 1.807) is 0 Å². The Morgan fingerprint density at radius 1 is 0.964 bits per heavy atom. The van der Waals surface area contributed by atoms with Gasteiger partial charge in [-0.15, -0.1) is 0 Å². The number of carbonyl (C=O) groups excluding carboxylic acids is 1. The van der Waals surface area contributed by atoms with Crippen LogP contribution >= 0.6 is 0 Å². The predicted octanol–water partition coefficient (Wildman–Crippen LogP) is 4.41. The number of piperidine rings is 1. The highest BCUT2D eigenvalue weighted by atomic mass is 16.1. The number of rotatable bonds is 3. The minimum Gasteiger partial charge on any atom is -0.371 e. The molecule has 1 amide bonds. The van der Waals surface area contributed by atoms with Crippen LogP contribution in [0.3, 0.4) is 0 Å². The summed E-state index contributed by atoms with van der Waals surface area (Å²) in [5.74, 6) is 0.0566. The Hall–Kier alpha value is -2.88. The summed E-state index contributed by atoms with van der Waals surface area (Å²) in [7, 11) is 0. The molecule has 2 fully saturated rings. The van der Waals surface area contributed by atoms with Crippen molar-refractivity contribution in [2.24, 2.45) is 5.41 Å². The Morgan fingerprint density at radius 3 is 2.46 bits per heavy atom. The maximum Gasteiger partial charge on any atom is 0.251 e. The molecule has 1 saturated heterocycles. The number of carbonyl (C=O) groups is 1.